The van der Waals surface area contributed by atoms with Gasteiger partial charge in [-0.1, -0.05) is 6.42 Å². The summed E-state index contributed by atoms with van der Waals surface area (Å²) in [5, 5.41) is 0. The Kier molecular flexibility index (Phi) is 7.45. The molecule has 0 aliphatic carbocycles. The van der Waals surface area contributed by atoms with Gasteiger partial charge in [-0.05, 0) is 44.4 Å². The molecule has 0 spiro atoms. The Morgan fingerprint density at radius 3 is 2.56 bits per heavy atom. The number of imidazole rings is 1. The molecule has 2 aromatic heterocycles. The number of ether oxygens (including phenoxy) is 1. The Morgan fingerprint density at radius 2 is 1.88 bits per heavy atom. The number of fused-ring (bicyclic) bond motifs is 1. The molecule has 0 aliphatic rings. The van der Waals surface area contributed by atoms with Crippen LogP contribution in [0.15, 0.2) is 23.1 Å². The summed E-state index contributed by atoms with van der Waals surface area (Å²) < 4.78 is 59.0. The number of hydrogen-bond acceptors (Lipinski definition) is 6. The maximum Gasteiger partial charge on any atom is 0.181 e. The van der Waals surface area contributed by atoms with Crippen molar-refractivity contribution in [2.24, 2.45) is 0 Å². The summed E-state index contributed by atoms with van der Waals surface area (Å²) in [7, 11) is -2.19. The number of nitrogen functional groups attached to an aromatic ring is 1. The third-order valence-electron chi connectivity index (χ3n) is 5.53. The number of pyridine rings is 1. The van der Waals surface area contributed by atoms with Crippen molar-refractivity contribution in [1.82, 2.24) is 14.5 Å². The van der Waals surface area contributed by atoms with Gasteiger partial charge in [0.1, 0.15) is 27.9 Å². The molecule has 3 rings (SSSR count). The highest BCUT2D eigenvalue weighted by Gasteiger charge is 2.20. The predicted octanol–water partition coefficient (Wildman–Crippen LogP) is 3.74. The van der Waals surface area contributed by atoms with Crippen LogP contribution in [0.5, 0.6) is 0 Å². The van der Waals surface area contributed by atoms with E-state index in [2.05, 4.69) is 14.5 Å². The van der Waals surface area contributed by atoms with Gasteiger partial charge in [0.2, 0.25) is 0 Å². The molecule has 0 bridgehead atoms. The van der Waals surface area contributed by atoms with Crippen LogP contribution in [0.1, 0.15) is 36.3 Å². The summed E-state index contributed by atoms with van der Waals surface area (Å²) in [6.45, 7) is 5.02. The SMILES string of the molecule is COCCc1nc2c(N)nc(C)c(C)c2n1CCCCCS(=O)(=O)c1ccc(F)cc1F. The normalized spacial score (nSPS) is 12.0. The molecule has 1 aromatic carbocycles. The number of hydrogen-bond donors (Lipinski definition) is 1. The minimum absolute atomic E-state index is 0.203. The largest absolute Gasteiger partial charge is 0.384 e. The molecule has 174 valence electrons. The molecule has 7 nitrogen and oxygen atoms in total. The molecule has 2 N–H and O–H groups in total. The first kappa shape index (κ1) is 24.1. The Hall–Kier alpha value is -2.59. The molecule has 0 unspecified atom stereocenters. The van der Waals surface area contributed by atoms with Gasteiger partial charge in [-0.25, -0.2) is 27.2 Å². The van der Waals surface area contributed by atoms with Gasteiger partial charge < -0.3 is 15.0 Å². The van der Waals surface area contributed by atoms with E-state index in [1.54, 1.807) is 7.11 Å². The van der Waals surface area contributed by atoms with Crippen LogP contribution in [0.3, 0.4) is 0 Å². The fourth-order valence-electron chi connectivity index (χ4n) is 3.75. The lowest BCUT2D eigenvalue weighted by molar-refractivity contribution is 0.199. The predicted molar refractivity (Wildman–Crippen MR) is 119 cm³/mol. The molecule has 0 aliphatic heterocycles. The van der Waals surface area contributed by atoms with E-state index >= 15 is 0 Å². The van der Waals surface area contributed by atoms with Gasteiger partial charge in [0.25, 0.3) is 0 Å². The summed E-state index contributed by atoms with van der Waals surface area (Å²) >= 11 is 0. The average Bonchev–Trinajstić information content (AvgIpc) is 3.09. The van der Waals surface area contributed by atoms with E-state index in [1.165, 1.54) is 0 Å². The number of nitrogens with two attached hydrogens (primary N) is 1. The second-order valence-corrected chi connectivity index (χ2v) is 9.86. The summed E-state index contributed by atoms with van der Waals surface area (Å²) in [6.07, 6.45) is 2.29. The smallest absolute Gasteiger partial charge is 0.181 e. The van der Waals surface area contributed by atoms with E-state index in [0.29, 0.717) is 56.2 Å². The highest BCUT2D eigenvalue weighted by atomic mass is 32.2. The van der Waals surface area contributed by atoms with Gasteiger partial charge in [-0.2, -0.15) is 0 Å². The standard InChI is InChI=1S/C22H28F2N4O3S/c1-14-15(2)26-22(25)20-21(14)28(19(27-20)9-11-31-3)10-5-4-6-12-32(29,30)18-8-7-16(23)13-17(18)24/h7-8,13H,4-6,9-12H2,1-3H3,(H2,25,26). The van der Waals surface area contributed by atoms with Crippen molar-refractivity contribution in [2.75, 3.05) is 25.2 Å². The topological polar surface area (TPSA) is 100 Å². The van der Waals surface area contributed by atoms with Gasteiger partial charge in [0, 0.05) is 31.8 Å². The lowest BCUT2D eigenvalue weighted by atomic mass is 10.2. The number of nitrogens with zero attached hydrogens (tertiary/aromatic N) is 3. The molecule has 2 heterocycles. The van der Waals surface area contributed by atoms with Crippen LogP contribution in [0, 0.1) is 25.5 Å². The molecule has 0 atom stereocenters. The zero-order valence-corrected chi connectivity index (χ0v) is 19.3. The number of rotatable bonds is 10. The first-order valence-electron chi connectivity index (χ1n) is 10.4. The van der Waals surface area contributed by atoms with Gasteiger partial charge in [0.05, 0.1) is 17.9 Å². The van der Waals surface area contributed by atoms with Crippen molar-refractivity contribution in [3.05, 3.63) is 46.9 Å². The molecular formula is C22H28F2N4O3S. The first-order valence-corrected chi connectivity index (χ1v) is 12.1. The molecule has 0 saturated carbocycles. The zero-order chi connectivity index (χ0) is 23.5. The van der Waals surface area contributed by atoms with Crippen molar-refractivity contribution in [1.29, 1.82) is 0 Å². The van der Waals surface area contributed by atoms with Crippen molar-refractivity contribution in [3.8, 4) is 0 Å². The fraction of sp³-hybridized carbons (Fsp3) is 0.455. The van der Waals surface area contributed by atoms with E-state index in [9.17, 15) is 17.2 Å². The lowest BCUT2D eigenvalue weighted by Crippen LogP contribution is -2.11. The molecule has 0 fully saturated rings. The Balaban J connectivity index is 1.71. The number of aromatic nitrogens is 3. The second-order valence-electron chi connectivity index (χ2n) is 7.78. The van der Waals surface area contributed by atoms with Crippen molar-refractivity contribution >= 4 is 26.7 Å². The molecular weight excluding hydrogens is 438 g/mol. The van der Waals surface area contributed by atoms with Crippen molar-refractivity contribution in [2.45, 2.75) is 51.0 Å². The van der Waals surface area contributed by atoms with Crippen molar-refractivity contribution in [3.63, 3.8) is 0 Å². The molecule has 3 aromatic rings. The molecule has 0 radical (unpaired) electrons. The van der Waals surface area contributed by atoms with Gasteiger partial charge in [-0.3, -0.25) is 0 Å². The third kappa shape index (κ3) is 5.07. The zero-order valence-electron chi connectivity index (χ0n) is 18.5. The number of aryl methyl sites for hydroxylation is 3. The van der Waals surface area contributed by atoms with Crippen LogP contribution in [0.2, 0.25) is 0 Å². The summed E-state index contributed by atoms with van der Waals surface area (Å²) in [6, 6.07) is 2.51. The number of unbranched alkanes of at least 4 members (excludes halogenated alkanes) is 2. The third-order valence-corrected chi connectivity index (χ3v) is 7.36. The van der Waals surface area contributed by atoms with Gasteiger partial charge in [0.15, 0.2) is 15.7 Å². The van der Waals surface area contributed by atoms with Crippen LogP contribution < -0.4 is 5.73 Å². The number of benzene rings is 1. The maximum atomic E-state index is 13.8. The number of sulfone groups is 1. The van der Waals surface area contributed by atoms with Crippen LogP contribution in [0.4, 0.5) is 14.6 Å². The van der Waals surface area contributed by atoms with Crippen LogP contribution >= 0.6 is 0 Å². The quantitative estimate of drug-likeness (QED) is 0.361. The molecule has 32 heavy (non-hydrogen) atoms. The second kappa shape index (κ2) is 9.91. The average molecular weight is 467 g/mol. The van der Waals surface area contributed by atoms with E-state index in [4.69, 9.17) is 10.5 Å². The number of methoxy groups -OCH3 is 1. The summed E-state index contributed by atoms with van der Waals surface area (Å²) in [5.41, 5.74) is 9.53. The number of anilines is 1. The Morgan fingerprint density at radius 1 is 1.12 bits per heavy atom. The van der Waals surface area contributed by atoms with Crippen LogP contribution in [-0.2, 0) is 27.5 Å². The minimum Gasteiger partial charge on any atom is -0.384 e. The van der Waals surface area contributed by atoms with E-state index in [-0.39, 0.29) is 5.75 Å². The Labute approximate surface area is 186 Å². The summed E-state index contributed by atoms with van der Waals surface area (Å²) in [5.74, 6) is -0.849. The first-order chi connectivity index (χ1) is 15.2. The van der Waals surface area contributed by atoms with Crippen LogP contribution in [-0.4, -0.2) is 42.4 Å². The van der Waals surface area contributed by atoms with E-state index < -0.39 is 26.4 Å². The maximum absolute atomic E-state index is 13.8. The van der Waals surface area contributed by atoms with E-state index in [0.717, 1.165) is 34.7 Å². The summed E-state index contributed by atoms with van der Waals surface area (Å²) in [4.78, 5) is 8.57. The lowest BCUT2D eigenvalue weighted by Gasteiger charge is -2.12. The molecule has 0 amide bonds. The number of halogens is 2. The van der Waals surface area contributed by atoms with E-state index in [1.807, 2.05) is 13.8 Å². The Bertz CT molecular complexity index is 1230. The van der Waals surface area contributed by atoms with Gasteiger partial charge in [-0.15, -0.1) is 0 Å². The van der Waals surface area contributed by atoms with Crippen LogP contribution in [0.25, 0.3) is 11.0 Å². The molecule has 10 heteroatoms. The highest BCUT2D eigenvalue weighted by molar-refractivity contribution is 7.91. The van der Waals surface area contributed by atoms with Gasteiger partial charge >= 0.3 is 0 Å². The monoisotopic (exact) mass is 466 g/mol. The highest BCUT2D eigenvalue weighted by Crippen LogP contribution is 2.27. The fourth-order valence-corrected chi connectivity index (χ4v) is 5.18. The minimum atomic E-state index is -3.82. The van der Waals surface area contributed by atoms with Crippen molar-refractivity contribution < 1.29 is 21.9 Å². The molecule has 0 saturated heterocycles.